The number of ketones is 1. The molecule has 0 aromatic carbocycles. The van der Waals surface area contributed by atoms with Crippen LogP contribution in [0.3, 0.4) is 0 Å². The number of ether oxygens (including phenoxy) is 2. The number of rotatable bonds is 6. The number of hydrogen-bond donors (Lipinski definition) is 6. The van der Waals surface area contributed by atoms with Crippen LogP contribution in [0.2, 0.25) is 0 Å². The third kappa shape index (κ3) is 4.19. The molecule has 1 heterocycles. The molecule has 2 fully saturated rings. The highest BCUT2D eigenvalue weighted by atomic mass is 16.7. The largest absolute Gasteiger partial charge is 0.394 e. The molecule has 9 nitrogen and oxygen atoms in total. The topological polar surface area (TPSA) is 157 Å². The fourth-order valence-electron chi connectivity index (χ4n) is 4.91. The number of aliphatic hydroxyl groups excluding tert-OH is 5. The van der Waals surface area contributed by atoms with Crippen molar-refractivity contribution in [2.24, 2.45) is 16.7 Å². The second kappa shape index (κ2) is 8.71. The molecule has 176 valence electrons. The third-order valence-electron chi connectivity index (χ3n) is 6.69. The van der Waals surface area contributed by atoms with E-state index in [2.05, 4.69) is 0 Å². The molecule has 2 rings (SSSR count). The molecule has 0 bridgehead atoms. The quantitative estimate of drug-likeness (QED) is 0.319. The molecule has 0 aromatic heterocycles. The van der Waals surface area contributed by atoms with Crippen molar-refractivity contribution in [2.75, 3.05) is 6.61 Å². The summed E-state index contributed by atoms with van der Waals surface area (Å²) in [5.74, 6) is -0.347. The van der Waals surface area contributed by atoms with Gasteiger partial charge in [-0.1, -0.05) is 41.5 Å². The van der Waals surface area contributed by atoms with Gasteiger partial charge in [0.1, 0.15) is 30.0 Å². The molecule has 6 N–H and O–H groups in total. The van der Waals surface area contributed by atoms with Crippen molar-refractivity contribution in [1.82, 2.24) is 0 Å². The van der Waals surface area contributed by atoms with Gasteiger partial charge in [-0.3, -0.25) is 4.79 Å². The molecule has 8 atom stereocenters. The third-order valence-corrected chi connectivity index (χ3v) is 6.69. The summed E-state index contributed by atoms with van der Waals surface area (Å²) in [7, 11) is 0. The Morgan fingerprint density at radius 1 is 1.03 bits per heavy atom. The van der Waals surface area contributed by atoms with Crippen LogP contribution in [0.4, 0.5) is 0 Å². The average molecular weight is 435 g/mol. The van der Waals surface area contributed by atoms with E-state index in [9.17, 15) is 35.4 Å². The molecular weight excluding hydrogens is 396 g/mol. The standard InChI is InChI=1S/C21H38O9/c1-10(2)7-8-21(28)16(26)19(3,4)18(20(5,6)17(21)27)30-15-14(25)13(24)12(23)11(9-22)29-15/h10-16,18,22-26,28H,7-9H2,1-6H3/t11-,12-,13+,14-,15+,16+,18+,21+/m1/s1. The summed E-state index contributed by atoms with van der Waals surface area (Å²) in [4.78, 5) is 13.3. The van der Waals surface area contributed by atoms with Gasteiger partial charge in [0.15, 0.2) is 12.1 Å². The first-order valence-electron chi connectivity index (χ1n) is 10.5. The number of carbonyl (C=O) groups excluding carboxylic acids is 1. The lowest BCUT2D eigenvalue weighted by Gasteiger charge is -2.57. The Hall–Kier alpha value is -0.650. The van der Waals surface area contributed by atoms with Gasteiger partial charge in [0.05, 0.1) is 24.2 Å². The van der Waals surface area contributed by atoms with Crippen molar-refractivity contribution in [1.29, 1.82) is 0 Å². The van der Waals surface area contributed by atoms with Crippen molar-refractivity contribution in [3.05, 3.63) is 0 Å². The molecule has 0 amide bonds. The Balaban J connectivity index is 2.36. The van der Waals surface area contributed by atoms with E-state index in [1.807, 2.05) is 13.8 Å². The fraction of sp³-hybridized carbons (Fsp3) is 0.952. The first-order chi connectivity index (χ1) is 13.6. The minimum atomic E-state index is -1.95. The van der Waals surface area contributed by atoms with Crippen molar-refractivity contribution in [3.63, 3.8) is 0 Å². The number of hydrogen-bond acceptors (Lipinski definition) is 9. The van der Waals surface area contributed by atoms with Gasteiger partial charge in [-0.25, -0.2) is 0 Å². The zero-order valence-corrected chi connectivity index (χ0v) is 18.6. The Morgan fingerprint density at radius 2 is 1.60 bits per heavy atom. The second-order valence-corrected chi connectivity index (χ2v) is 10.3. The van der Waals surface area contributed by atoms with Crippen LogP contribution in [0.5, 0.6) is 0 Å². The molecule has 1 aliphatic heterocycles. The predicted molar refractivity (Wildman–Crippen MR) is 106 cm³/mol. The van der Waals surface area contributed by atoms with E-state index in [0.29, 0.717) is 6.42 Å². The van der Waals surface area contributed by atoms with Crippen LogP contribution in [-0.4, -0.2) is 91.5 Å². The van der Waals surface area contributed by atoms with Gasteiger partial charge in [0, 0.05) is 5.41 Å². The van der Waals surface area contributed by atoms with Crippen molar-refractivity contribution >= 4 is 5.78 Å². The summed E-state index contributed by atoms with van der Waals surface area (Å²) < 4.78 is 11.4. The molecule has 0 aromatic rings. The highest BCUT2D eigenvalue weighted by Crippen LogP contribution is 2.52. The summed E-state index contributed by atoms with van der Waals surface area (Å²) in [6, 6.07) is 0. The molecule has 30 heavy (non-hydrogen) atoms. The minimum Gasteiger partial charge on any atom is -0.394 e. The maximum Gasteiger partial charge on any atom is 0.187 e. The van der Waals surface area contributed by atoms with E-state index in [1.165, 1.54) is 0 Å². The zero-order chi connectivity index (χ0) is 23.2. The fourth-order valence-corrected chi connectivity index (χ4v) is 4.91. The summed E-state index contributed by atoms with van der Waals surface area (Å²) >= 11 is 0. The van der Waals surface area contributed by atoms with Crippen LogP contribution in [0.15, 0.2) is 0 Å². The monoisotopic (exact) mass is 434 g/mol. The lowest BCUT2D eigenvalue weighted by Crippen LogP contribution is -2.72. The van der Waals surface area contributed by atoms with Gasteiger partial charge >= 0.3 is 0 Å². The maximum atomic E-state index is 13.3. The average Bonchev–Trinajstić information content (AvgIpc) is 2.67. The van der Waals surface area contributed by atoms with E-state index in [1.54, 1.807) is 27.7 Å². The van der Waals surface area contributed by atoms with Gasteiger partial charge in [-0.05, 0) is 18.8 Å². The maximum absolute atomic E-state index is 13.3. The van der Waals surface area contributed by atoms with Crippen LogP contribution in [0.25, 0.3) is 0 Å². The Labute approximate surface area is 177 Å². The van der Waals surface area contributed by atoms with Crippen LogP contribution in [-0.2, 0) is 14.3 Å². The van der Waals surface area contributed by atoms with Crippen molar-refractivity contribution in [3.8, 4) is 0 Å². The Morgan fingerprint density at radius 3 is 2.10 bits per heavy atom. The molecule has 0 spiro atoms. The van der Waals surface area contributed by atoms with Crippen molar-refractivity contribution < 1.29 is 44.9 Å². The minimum absolute atomic E-state index is 0.101. The van der Waals surface area contributed by atoms with Crippen molar-refractivity contribution in [2.45, 2.75) is 103 Å². The summed E-state index contributed by atoms with van der Waals surface area (Å²) in [6.07, 6.45) is -9.22. The molecule has 0 unspecified atom stereocenters. The zero-order valence-electron chi connectivity index (χ0n) is 18.6. The molecule has 9 heteroatoms. The van der Waals surface area contributed by atoms with E-state index in [4.69, 9.17) is 9.47 Å². The summed E-state index contributed by atoms with van der Waals surface area (Å²) in [6.45, 7) is 9.81. The van der Waals surface area contributed by atoms with Gasteiger partial charge in [-0.15, -0.1) is 0 Å². The molecule has 2 aliphatic rings. The lowest BCUT2D eigenvalue weighted by atomic mass is 9.54. The van der Waals surface area contributed by atoms with Crippen LogP contribution in [0, 0.1) is 16.7 Å². The molecule has 1 aliphatic carbocycles. The number of aliphatic hydroxyl groups is 6. The number of carbonyl (C=O) groups is 1. The van der Waals surface area contributed by atoms with Gasteiger partial charge in [0.25, 0.3) is 0 Å². The Bertz CT molecular complexity index is 618. The molecule has 0 radical (unpaired) electrons. The highest BCUT2D eigenvalue weighted by Gasteiger charge is 2.66. The van der Waals surface area contributed by atoms with E-state index in [0.717, 1.165) is 0 Å². The highest BCUT2D eigenvalue weighted by molar-refractivity contribution is 5.94. The Kier molecular flexibility index (Phi) is 7.43. The number of Topliss-reactive ketones (excluding diaryl/α,β-unsaturated/α-hetero) is 1. The van der Waals surface area contributed by atoms with E-state index >= 15 is 0 Å². The first-order valence-corrected chi connectivity index (χ1v) is 10.5. The molecule has 1 saturated heterocycles. The van der Waals surface area contributed by atoms with Crippen LogP contribution in [0.1, 0.15) is 54.4 Å². The summed E-state index contributed by atoms with van der Waals surface area (Å²) in [5.41, 5.74) is -4.36. The smallest absolute Gasteiger partial charge is 0.187 e. The van der Waals surface area contributed by atoms with Gasteiger partial charge in [0.2, 0.25) is 0 Å². The van der Waals surface area contributed by atoms with Gasteiger partial charge in [-0.2, -0.15) is 0 Å². The van der Waals surface area contributed by atoms with E-state index in [-0.39, 0.29) is 12.3 Å². The molecular formula is C21H38O9. The normalized spacial score (nSPS) is 43.8. The van der Waals surface area contributed by atoms with Crippen LogP contribution >= 0.6 is 0 Å². The van der Waals surface area contributed by atoms with Crippen LogP contribution < -0.4 is 0 Å². The summed E-state index contributed by atoms with van der Waals surface area (Å²) in [5, 5.41) is 62.0. The SMILES string of the molecule is CC(C)CC[C@@]1(O)C(=O)C(C)(C)[C@@H](O[C@@H]2O[C@H](CO)[C@@H](O)[C@H](O)[C@H]2O)C(C)(C)[C@@H]1O. The molecule has 1 saturated carbocycles. The van der Waals surface area contributed by atoms with E-state index < -0.39 is 71.7 Å². The van der Waals surface area contributed by atoms with Gasteiger partial charge < -0.3 is 40.1 Å². The second-order valence-electron chi connectivity index (χ2n) is 10.3. The first kappa shape index (κ1) is 25.6. The lowest BCUT2D eigenvalue weighted by molar-refractivity contribution is -0.338. The predicted octanol–water partition coefficient (Wildman–Crippen LogP) is -0.665.